The zero-order valence-corrected chi connectivity index (χ0v) is 41.7. The quantitative estimate of drug-likeness (QED) is 0.263. The predicted molar refractivity (Wildman–Crippen MR) is 250 cm³/mol. The Morgan fingerprint density at radius 1 is 0.600 bits per heavy atom. The molecule has 1 saturated heterocycles. The van der Waals surface area contributed by atoms with Crippen LogP contribution in [0.25, 0.3) is 0 Å². The topological polar surface area (TPSA) is 125 Å². The fourth-order valence-electron chi connectivity index (χ4n) is 19.1. The standard InChI is InChI=1S/C27H39FN2O2.C21H32BrFO2.C7H9N/c1-25(32)9-10-27(28)17(13-25)3-4-19-20-5-6-22(26(20,2)8-7-21(19)27)24(31)15-30-18(14-29)11-16-12-23(16)30;1-19(25)9-10-21(23)13(11-19)3-4-14-15-5-6-17(18(24)12-22)20(15,2)8-7-16(14)21;8-4-5-1-6-3-7(6)2-5/h16-23,32H,3-13,15H2,1-2H3;13-17,25H,3-12H2,1-2H3;5-7H,1-3H2/t16-,17+,18?,19-,20-,21?,22+,23+,25+,26-,27+;13-,14+,15+,16?,17-,19-,20+,21-;5?,6-,7+/m01./s1. The fraction of sp³-hybridized carbons (Fsp3) is 0.927. The molecule has 2 N–H and O–H groups in total. The Kier molecular flexibility index (Phi) is 12.2. The molecule has 22 atom stereocenters. The molecule has 12 aliphatic rings. The van der Waals surface area contributed by atoms with Gasteiger partial charge >= 0.3 is 0 Å². The molecular formula is C55H80BrF2N3O4. The van der Waals surface area contributed by atoms with Crippen molar-refractivity contribution in [3.8, 4) is 12.1 Å². The molecule has 1 aliphatic heterocycles. The van der Waals surface area contributed by atoms with Crippen LogP contribution in [-0.2, 0) is 9.59 Å². The van der Waals surface area contributed by atoms with Crippen LogP contribution in [0.5, 0.6) is 0 Å². The Labute approximate surface area is 397 Å². The van der Waals surface area contributed by atoms with Gasteiger partial charge in [0, 0.05) is 23.8 Å². The number of carbonyl (C=O) groups is 2. The minimum atomic E-state index is -1.12. The van der Waals surface area contributed by atoms with Crippen LogP contribution in [0.1, 0.15) is 175 Å². The Balaban J connectivity index is 0.000000133. The first-order chi connectivity index (χ1) is 30.8. The zero-order chi connectivity index (χ0) is 46.1. The van der Waals surface area contributed by atoms with Crippen LogP contribution in [0.2, 0.25) is 0 Å². The highest BCUT2D eigenvalue weighted by atomic mass is 79.9. The molecule has 0 aromatic rings. The van der Waals surface area contributed by atoms with E-state index in [-0.39, 0.29) is 52.4 Å². The number of halogens is 3. The van der Waals surface area contributed by atoms with Crippen LogP contribution >= 0.6 is 15.9 Å². The molecule has 0 radical (unpaired) electrons. The summed E-state index contributed by atoms with van der Waals surface area (Å²) in [6.07, 6.45) is 21.2. The summed E-state index contributed by atoms with van der Waals surface area (Å²) in [5.41, 5.74) is -3.52. The molecule has 0 spiro atoms. The number of rotatable bonds is 5. The van der Waals surface area contributed by atoms with Crippen molar-refractivity contribution in [2.45, 2.75) is 210 Å². The van der Waals surface area contributed by atoms with Crippen LogP contribution in [0, 0.1) is 116 Å². The van der Waals surface area contributed by atoms with Gasteiger partial charge < -0.3 is 10.2 Å². The summed E-state index contributed by atoms with van der Waals surface area (Å²) in [7, 11) is 0. The van der Waals surface area contributed by atoms with E-state index in [1.54, 1.807) is 0 Å². The van der Waals surface area contributed by atoms with E-state index in [0.717, 1.165) is 102 Å². The Morgan fingerprint density at radius 3 is 1.57 bits per heavy atom. The maximum absolute atomic E-state index is 16.5. The summed E-state index contributed by atoms with van der Waals surface area (Å²) in [6, 6.07) is 5.14. The summed E-state index contributed by atoms with van der Waals surface area (Å²) in [6.45, 7) is 8.85. The summed E-state index contributed by atoms with van der Waals surface area (Å²) in [4.78, 5) is 28.2. The van der Waals surface area contributed by atoms with E-state index >= 15 is 8.78 Å². The number of aliphatic hydroxyl groups is 2. The number of piperidine rings is 1. The molecule has 7 nitrogen and oxygen atoms in total. The van der Waals surface area contributed by atoms with E-state index < -0.39 is 22.5 Å². The van der Waals surface area contributed by atoms with Crippen LogP contribution in [0.15, 0.2) is 0 Å². The van der Waals surface area contributed by atoms with E-state index in [0.29, 0.717) is 104 Å². The molecule has 0 aromatic heterocycles. The normalized spacial score (nSPS) is 55.2. The highest BCUT2D eigenvalue weighted by Crippen LogP contribution is 2.68. The molecule has 0 amide bonds. The second-order valence-electron chi connectivity index (χ2n) is 26.1. The number of hydrogen-bond acceptors (Lipinski definition) is 7. The molecule has 12 fully saturated rings. The van der Waals surface area contributed by atoms with Gasteiger partial charge in [-0.3, -0.25) is 14.5 Å². The van der Waals surface area contributed by atoms with Crippen molar-refractivity contribution in [1.29, 1.82) is 10.5 Å². The smallest absolute Gasteiger partial charge is 0.150 e. The first-order valence-corrected chi connectivity index (χ1v) is 27.9. The SMILES string of the molecule is C[C@@]1(O)CC[C@]2(F)C3CC[C@]4(C)[C@@H](C(=O)CBr)CC[C@H]4[C@@H]3CC[C@@H]2C1.C[C@@]1(O)CC[C@]2(F)C3CC[C@]4(C)[C@@H](C(=O)CN5C(C#N)C[C@H]6C[C@H]65)CC[C@H]4[C@@H]3CC[C@@H]2C1.N#CC1C[C@@H]2C[C@@H]2C1. The average molecular weight is 965 g/mol. The van der Waals surface area contributed by atoms with Crippen LogP contribution in [0.4, 0.5) is 8.78 Å². The van der Waals surface area contributed by atoms with Crippen molar-refractivity contribution >= 4 is 27.5 Å². The number of fused-ring (bicyclic) bond motifs is 12. The van der Waals surface area contributed by atoms with Crippen molar-refractivity contribution in [2.75, 3.05) is 11.9 Å². The number of ketones is 2. The molecule has 10 heteroatoms. The first-order valence-electron chi connectivity index (χ1n) is 26.8. The summed E-state index contributed by atoms with van der Waals surface area (Å²) in [5.74, 6) is 6.03. The van der Waals surface area contributed by atoms with Crippen LogP contribution in [0.3, 0.4) is 0 Å². The first kappa shape index (κ1) is 47.2. The third kappa shape index (κ3) is 8.07. The third-order valence-corrected chi connectivity index (χ3v) is 23.2. The second-order valence-corrected chi connectivity index (χ2v) is 26.7. The summed E-state index contributed by atoms with van der Waals surface area (Å²) >= 11 is 3.37. The zero-order valence-electron chi connectivity index (χ0n) is 40.1. The molecule has 0 bridgehead atoms. The molecule has 12 rings (SSSR count). The third-order valence-electron chi connectivity index (χ3n) is 22.7. The van der Waals surface area contributed by atoms with Crippen molar-refractivity contribution < 1.29 is 28.6 Å². The number of Topliss-reactive ketones (excluding diaryl/α,β-unsaturated/α-hetero) is 2. The maximum Gasteiger partial charge on any atom is 0.150 e. The molecule has 65 heavy (non-hydrogen) atoms. The monoisotopic (exact) mass is 964 g/mol. The van der Waals surface area contributed by atoms with E-state index in [1.165, 1.54) is 19.3 Å². The number of alkyl halides is 3. The van der Waals surface area contributed by atoms with Crippen LogP contribution < -0.4 is 0 Å². The fourth-order valence-corrected chi connectivity index (χ4v) is 19.5. The van der Waals surface area contributed by atoms with Gasteiger partial charge in [-0.05, 0) is 237 Å². The molecule has 11 aliphatic carbocycles. The van der Waals surface area contributed by atoms with Gasteiger partial charge in [-0.1, -0.05) is 29.8 Å². The van der Waals surface area contributed by atoms with Crippen molar-refractivity contribution in [1.82, 2.24) is 4.90 Å². The largest absolute Gasteiger partial charge is 0.390 e. The number of likely N-dealkylation sites (tertiary alicyclic amines) is 1. The maximum atomic E-state index is 16.5. The number of carbonyl (C=O) groups excluding carboxylic acids is 2. The molecule has 11 saturated carbocycles. The highest BCUT2D eigenvalue weighted by molar-refractivity contribution is 9.09. The predicted octanol–water partition coefficient (Wildman–Crippen LogP) is 11.3. The molecule has 4 unspecified atom stereocenters. The average Bonchev–Trinajstić information content (AvgIpc) is 3.99. The van der Waals surface area contributed by atoms with E-state index in [9.17, 15) is 25.1 Å². The summed E-state index contributed by atoms with van der Waals surface area (Å²) < 4.78 is 32.7. The van der Waals surface area contributed by atoms with Crippen molar-refractivity contribution in [3.05, 3.63) is 0 Å². The van der Waals surface area contributed by atoms with Gasteiger partial charge in [-0.25, -0.2) is 8.78 Å². The Bertz CT molecular complexity index is 1940. The Hall–Kier alpha value is -1.46. The highest BCUT2D eigenvalue weighted by Gasteiger charge is 2.66. The van der Waals surface area contributed by atoms with Gasteiger partial charge in [0.25, 0.3) is 0 Å². The lowest BCUT2D eigenvalue weighted by molar-refractivity contribution is -0.166. The number of hydrogen-bond donors (Lipinski definition) is 2. The second kappa shape index (κ2) is 16.9. The number of nitrogens with zero attached hydrogens (tertiary/aromatic N) is 3. The van der Waals surface area contributed by atoms with Crippen molar-refractivity contribution in [3.63, 3.8) is 0 Å². The minimum Gasteiger partial charge on any atom is -0.390 e. The minimum absolute atomic E-state index is 0.000238. The van der Waals surface area contributed by atoms with E-state index in [1.807, 2.05) is 13.8 Å². The summed E-state index contributed by atoms with van der Waals surface area (Å²) in [5, 5.41) is 39.4. The van der Waals surface area contributed by atoms with Gasteiger partial charge in [0.1, 0.15) is 17.1 Å². The van der Waals surface area contributed by atoms with Gasteiger partial charge in [0.15, 0.2) is 5.78 Å². The molecule has 0 aromatic carbocycles. The van der Waals surface area contributed by atoms with Gasteiger partial charge in [-0.2, -0.15) is 10.5 Å². The van der Waals surface area contributed by atoms with Gasteiger partial charge in [-0.15, -0.1) is 0 Å². The molecule has 1 heterocycles. The van der Waals surface area contributed by atoms with Gasteiger partial charge in [0.2, 0.25) is 0 Å². The van der Waals surface area contributed by atoms with Gasteiger partial charge in [0.05, 0.1) is 41.3 Å². The lowest BCUT2D eigenvalue weighted by Gasteiger charge is -2.59. The Morgan fingerprint density at radius 2 is 1.11 bits per heavy atom. The van der Waals surface area contributed by atoms with E-state index in [2.05, 4.69) is 46.8 Å². The van der Waals surface area contributed by atoms with Crippen molar-refractivity contribution in [2.24, 2.45) is 93.7 Å². The van der Waals surface area contributed by atoms with Crippen LogP contribution in [-0.4, -0.2) is 73.2 Å². The molecular weight excluding hydrogens is 885 g/mol. The lowest BCUT2D eigenvalue weighted by atomic mass is 9.48. The lowest BCUT2D eigenvalue weighted by Crippen LogP contribution is -2.58. The molecule has 360 valence electrons. The van der Waals surface area contributed by atoms with E-state index in [4.69, 9.17) is 5.26 Å². The number of nitriles is 2.